The lowest BCUT2D eigenvalue weighted by Gasteiger charge is -2.07. The average molecular weight is 337 g/mol. The Morgan fingerprint density at radius 3 is 3.00 bits per heavy atom. The second kappa shape index (κ2) is 6.29. The van der Waals surface area contributed by atoms with Crippen LogP contribution in [-0.4, -0.2) is 26.7 Å². The molecule has 120 valence electrons. The highest BCUT2D eigenvalue weighted by molar-refractivity contribution is 7.09. The lowest BCUT2D eigenvalue weighted by atomic mass is 10.2. The predicted molar refractivity (Wildman–Crippen MR) is 94.4 cm³/mol. The fraction of sp³-hybridized carbons (Fsp3) is 0.118. The van der Waals surface area contributed by atoms with Gasteiger partial charge in [-0.05, 0) is 29.6 Å². The number of hydrogen-bond donors (Lipinski definition) is 1. The molecule has 0 fully saturated rings. The third-order valence-electron chi connectivity index (χ3n) is 3.63. The number of imidazole rings is 1. The van der Waals surface area contributed by atoms with Crippen LogP contribution in [0.3, 0.4) is 0 Å². The van der Waals surface area contributed by atoms with Crippen molar-refractivity contribution in [2.75, 3.05) is 12.4 Å². The van der Waals surface area contributed by atoms with Crippen LogP contribution in [0.25, 0.3) is 16.9 Å². The largest absolute Gasteiger partial charge is 0.495 e. The van der Waals surface area contributed by atoms with E-state index in [-0.39, 0.29) is 0 Å². The summed E-state index contributed by atoms with van der Waals surface area (Å²) in [5, 5.41) is 10.1. The predicted octanol–water partition coefficient (Wildman–Crippen LogP) is 3.47. The first kappa shape index (κ1) is 14.6. The van der Waals surface area contributed by atoms with Crippen molar-refractivity contribution in [3.63, 3.8) is 0 Å². The van der Waals surface area contributed by atoms with Gasteiger partial charge in [-0.15, -0.1) is 16.4 Å². The zero-order valence-corrected chi connectivity index (χ0v) is 13.8. The minimum Gasteiger partial charge on any atom is -0.495 e. The Morgan fingerprint density at radius 1 is 1.21 bits per heavy atom. The molecule has 0 unspecified atom stereocenters. The van der Waals surface area contributed by atoms with Crippen molar-refractivity contribution >= 4 is 22.8 Å². The highest BCUT2D eigenvalue weighted by Crippen LogP contribution is 2.23. The number of aromatic nitrogens is 4. The van der Waals surface area contributed by atoms with Crippen molar-refractivity contribution in [2.45, 2.75) is 6.54 Å². The van der Waals surface area contributed by atoms with Gasteiger partial charge in [-0.2, -0.15) is 0 Å². The molecule has 0 aliphatic carbocycles. The number of anilines is 1. The van der Waals surface area contributed by atoms with Crippen LogP contribution in [0.4, 0.5) is 5.82 Å². The summed E-state index contributed by atoms with van der Waals surface area (Å²) in [6.45, 7) is 0.751. The molecule has 0 aliphatic rings. The summed E-state index contributed by atoms with van der Waals surface area (Å²) in [5.74, 6) is 1.50. The molecule has 1 N–H and O–H groups in total. The zero-order chi connectivity index (χ0) is 16.4. The molecule has 0 saturated carbocycles. The van der Waals surface area contributed by atoms with E-state index in [0.717, 1.165) is 29.3 Å². The number of hydrogen-bond acceptors (Lipinski definition) is 6. The van der Waals surface area contributed by atoms with E-state index >= 15 is 0 Å². The number of ether oxygens (including phenoxy) is 1. The minimum absolute atomic E-state index is 0.703. The number of fused-ring (bicyclic) bond motifs is 1. The van der Waals surface area contributed by atoms with Crippen molar-refractivity contribution in [3.8, 4) is 17.0 Å². The van der Waals surface area contributed by atoms with Gasteiger partial charge in [0.2, 0.25) is 0 Å². The van der Waals surface area contributed by atoms with Crippen LogP contribution in [0, 0.1) is 0 Å². The number of thiophene rings is 1. The molecule has 6 nitrogen and oxygen atoms in total. The summed E-state index contributed by atoms with van der Waals surface area (Å²) >= 11 is 1.72. The summed E-state index contributed by atoms with van der Waals surface area (Å²) in [6.07, 6.45) is 5.25. The van der Waals surface area contributed by atoms with Crippen molar-refractivity contribution in [3.05, 3.63) is 59.2 Å². The van der Waals surface area contributed by atoms with Gasteiger partial charge in [-0.25, -0.2) is 9.50 Å². The maximum atomic E-state index is 5.24. The normalized spacial score (nSPS) is 10.9. The number of nitrogens with one attached hydrogen (secondary N) is 1. The van der Waals surface area contributed by atoms with Gasteiger partial charge in [-0.1, -0.05) is 6.07 Å². The van der Waals surface area contributed by atoms with Gasteiger partial charge in [0.15, 0.2) is 5.65 Å². The van der Waals surface area contributed by atoms with E-state index in [9.17, 15) is 0 Å². The molecule has 24 heavy (non-hydrogen) atoms. The molecule has 0 spiro atoms. The first-order valence-corrected chi connectivity index (χ1v) is 8.32. The highest BCUT2D eigenvalue weighted by atomic mass is 32.1. The molecule has 4 aromatic heterocycles. The van der Waals surface area contributed by atoms with Crippen LogP contribution in [0.1, 0.15) is 4.88 Å². The Morgan fingerprint density at radius 2 is 2.17 bits per heavy atom. The van der Waals surface area contributed by atoms with E-state index < -0.39 is 0 Å². The number of pyridine rings is 1. The lowest BCUT2D eigenvalue weighted by molar-refractivity contribution is 0.413. The highest BCUT2D eigenvalue weighted by Gasteiger charge is 2.09. The van der Waals surface area contributed by atoms with E-state index in [0.29, 0.717) is 5.75 Å². The summed E-state index contributed by atoms with van der Waals surface area (Å²) in [7, 11) is 1.63. The number of rotatable bonds is 5. The summed E-state index contributed by atoms with van der Waals surface area (Å²) < 4.78 is 7.06. The summed E-state index contributed by atoms with van der Waals surface area (Å²) in [4.78, 5) is 9.87. The first-order chi connectivity index (χ1) is 11.8. The maximum absolute atomic E-state index is 5.24. The number of nitrogens with zero attached hydrogens (tertiary/aromatic N) is 4. The SMILES string of the molecule is COc1cncc(-c2cnc3ccc(NCc4cccs4)nn23)c1. The monoisotopic (exact) mass is 337 g/mol. The first-order valence-electron chi connectivity index (χ1n) is 7.44. The second-order valence-electron chi connectivity index (χ2n) is 5.18. The molecule has 4 rings (SSSR count). The topological polar surface area (TPSA) is 64.3 Å². The van der Waals surface area contributed by atoms with Crippen LogP contribution in [0.5, 0.6) is 5.75 Å². The Hall–Kier alpha value is -2.93. The van der Waals surface area contributed by atoms with Crippen LogP contribution in [0.15, 0.2) is 54.3 Å². The van der Waals surface area contributed by atoms with E-state index in [1.54, 1.807) is 37.0 Å². The van der Waals surface area contributed by atoms with Crippen LogP contribution in [0.2, 0.25) is 0 Å². The third kappa shape index (κ3) is 2.81. The van der Waals surface area contributed by atoms with Gasteiger partial charge in [0.25, 0.3) is 0 Å². The van der Waals surface area contributed by atoms with Crippen molar-refractivity contribution in [1.29, 1.82) is 0 Å². The number of methoxy groups -OCH3 is 1. The molecule has 0 bridgehead atoms. The Balaban J connectivity index is 1.67. The Labute approximate surface area is 142 Å². The van der Waals surface area contributed by atoms with Gasteiger partial charge in [0, 0.05) is 16.6 Å². The molecule has 0 radical (unpaired) electrons. The Bertz CT molecular complexity index is 964. The molecule has 0 aliphatic heterocycles. The molecule has 4 aromatic rings. The van der Waals surface area contributed by atoms with E-state index in [1.165, 1.54) is 4.88 Å². The molecule has 0 aromatic carbocycles. The maximum Gasteiger partial charge on any atom is 0.154 e. The fourth-order valence-electron chi connectivity index (χ4n) is 2.43. The van der Waals surface area contributed by atoms with Gasteiger partial charge in [-0.3, -0.25) is 4.98 Å². The van der Waals surface area contributed by atoms with Gasteiger partial charge < -0.3 is 10.1 Å². The van der Waals surface area contributed by atoms with Crippen molar-refractivity contribution in [1.82, 2.24) is 19.6 Å². The second-order valence-corrected chi connectivity index (χ2v) is 6.21. The molecule has 7 heteroatoms. The van der Waals surface area contributed by atoms with Gasteiger partial charge in [0.1, 0.15) is 11.6 Å². The smallest absolute Gasteiger partial charge is 0.154 e. The molecule has 0 saturated heterocycles. The molecular weight excluding hydrogens is 322 g/mol. The summed E-state index contributed by atoms with van der Waals surface area (Å²) in [6, 6.07) is 9.94. The van der Waals surface area contributed by atoms with Crippen molar-refractivity contribution < 1.29 is 4.74 Å². The summed E-state index contributed by atoms with van der Waals surface area (Å²) in [5.41, 5.74) is 2.57. The zero-order valence-electron chi connectivity index (χ0n) is 13.0. The van der Waals surface area contributed by atoms with Gasteiger partial charge in [0.05, 0.1) is 31.7 Å². The van der Waals surface area contributed by atoms with Crippen LogP contribution < -0.4 is 10.1 Å². The standard InChI is InChI=1S/C17H15N5OS/c1-23-13-7-12(8-18-9-13)15-11-20-17-5-4-16(21-22(15)17)19-10-14-3-2-6-24-14/h2-9,11H,10H2,1H3,(H,19,21). The van der Waals surface area contributed by atoms with Crippen LogP contribution in [-0.2, 0) is 6.54 Å². The van der Waals surface area contributed by atoms with E-state index in [1.807, 2.05) is 28.8 Å². The minimum atomic E-state index is 0.703. The average Bonchev–Trinajstić information content (AvgIpc) is 3.29. The van der Waals surface area contributed by atoms with Crippen molar-refractivity contribution in [2.24, 2.45) is 0 Å². The van der Waals surface area contributed by atoms with E-state index in [4.69, 9.17) is 4.74 Å². The molecule has 0 amide bonds. The van der Waals surface area contributed by atoms with E-state index in [2.05, 4.69) is 31.8 Å². The fourth-order valence-corrected chi connectivity index (χ4v) is 3.07. The third-order valence-corrected chi connectivity index (χ3v) is 4.51. The quantitative estimate of drug-likeness (QED) is 0.604. The van der Waals surface area contributed by atoms with Crippen LogP contribution >= 0.6 is 11.3 Å². The molecule has 0 atom stereocenters. The lowest BCUT2D eigenvalue weighted by Crippen LogP contribution is -2.03. The molecule has 4 heterocycles. The molecular formula is C17H15N5OS. The van der Waals surface area contributed by atoms with Gasteiger partial charge >= 0.3 is 0 Å². The Kier molecular flexibility index (Phi) is 3.84.